The van der Waals surface area contributed by atoms with Gasteiger partial charge in [-0.05, 0) is 30.7 Å². The van der Waals surface area contributed by atoms with Crippen LogP contribution in [0.15, 0.2) is 45.6 Å². The molecule has 0 bridgehead atoms. The van der Waals surface area contributed by atoms with E-state index in [9.17, 15) is 9.59 Å². The van der Waals surface area contributed by atoms with E-state index in [0.29, 0.717) is 58.4 Å². The molecule has 5 rings (SSSR count). The molecular formula is C26H27ClN2O6. The standard InChI is InChI=1S/C26H27ClN2O6/c1-32-20-6-3-5-17(24(20)33-2)22-21-23(30)18-15-16(27)7-8-19(18)35-25(21)26(31)29(22)10-4-9-28-11-13-34-14-12-28/h3,5-8,15,22H,4,9-14H2,1-2H3. The zero-order valence-corrected chi connectivity index (χ0v) is 20.5. The number of ether oxygens (including phenoxy) is 3. The number of hydrogen-bond acceptors (Lipinski definition) is 7. The first-order valence-corrected chi connectivity index (χ1v) is 12.0. The maximum absolute atomic E-state index is 13.7. The predicted octanol–water partition coefficient (Wildman–Crippen LogP) is 3.73. The van der Waals surface area contributed by atoms with E-state index in [1.807, 2.05) is 12.1 Å². The molecule has 3 heterocycles. The smallest absolute Gasteiger partial charge is 0.290 e. The third-order valence-electron chi connectivity index (χ3n) is 6.63. The second-order valence-electron chi connectivity index (χ2n) is 8.61. The number of halogens is 1. The molecule has 0 radical (unpaired) electrons. The van der Waals surface area contributed by atoms with E-state index >= 15 is 0 Å². The third-order valence-corrected chi connectivity index (χ3v) is 6.87. The number of rotatable bonds is 7. The van der Waals surface area contributed by atoms with Gasteiger partial charge in [-0.1, -0.05) is 23.7 Å². The predicted molar refractivity (Wildman–Crippen MR) is 132 cm³/mol. The number of amides is 1. The maximum Gasteiger partial charge on any atom is 0.290 e. The molecule has 9 heteroatoms. The average Bonchev–Trinajstić information content (AvgIpc) is 3.16. The Morgan fingerprint density at radius 3 is 2.60 bits per heavy atom. The Balaban J connectivity index is 1.60. The number of carbonyl (C=O) groups is 1. The minimum absolute atomic E-state index is 0.0612. The van der Waals surface area contributed by atoms with Gasteiger partial charge in [0, 0.05) is 36.8 Å². The van der Waals surface area contributed by atoms with Crippen LogP contribution in [0.5, 0.6) is 11.5 Å². The number of benzene rings is 2. The lowest BCUT2D eigenvalue weighted by Crippen LogP contribution is -2.39. The van der Waals surface area contributed by atoms with Gasteiger partial charge in [-0.3, -0.25) is 14.5 Å². The van der Waals surface area contributed by atoms with Gasteiger partial charge in [-0.15, -0.1) is 0 Å². The molecule has 1 saturated heterocycles. The summed E-state index contributed by atoms with van der Waals surface area (Å²) in [4.78, 5) is 31.4. The monoisotopic (exact) mass is 498 g/mol. The molecule has 3 aromatic rings. The molecule has 2 aliphatic rings. The molecule has 35 heavy (non-hydrogen) atoms. The van der Waals surface area contributed by atoms with E-state index in [4.69, 9.17) is 30.2 Å². The van der Waals surface area contributed by atoms with Crippen LogP contribution in [0.25, 0.3) is 11.0 Å². The number of methoxy groups -OCH3 is 2. The number of morpholine rings is 1. The molecule has 0 N–H and O–H groups in total. The van der Waals surface area contributed by atoms with Crippen LogP contribution in [-0.4, -0.2) is 69.3 Å². The van der Waals surface area contributed by atoms with E-state index < -0.39 is 6.04 Å². The maximum atomic E-state index is 13.7. The second-order valence-corrected chi connectivity index (χ2v) is 9.04. The first-order valence-electron chi connectivity index (χ1n) is 11.6. The van der Waals surface area contributed by atoms with E-state index in [1.54, 1.807) is 43.4 Å². The molecule has 8 nitrogen and oxygen atoms in total. The summed E-state index contributed by atoms with van der Waals surface area (Å²) in [5.41, 5.74) is 1.02. The molecule has 1 fully saturated rings. The second kappa shape index (κ2) is 9.89. The summed E-state index contributed by atoms with van der Waals surface area (Å²) in [6, 6.07) is 9.62. The fraction of sp³-hybridized carbons (Fsp3) is 0.385. The van der Waals surface area contributed by atoms with Crippen molar-refractivity contribution in [1.29, 1.82) is 0 Å². The lowest BCUT2D eigenvalue weighted by molar-refractivity contribution is 0.0353. The highest BCUT2D eigenvalue weighted by Crippen LogP contribution is 2.44. The van der Waals surface area contributed by atoms with Crippen molar-refractivity contribution in [1.82, 2.24) is 9.80 Å². The van der Waals surface area contributed by atoms with Crippen LogP contribution in [0.1, 0.15) is 34.1 Å². The summed E-state index contributed by atoms with van der Waals surface area (Å²) in [6.07, 6.45) is 0.738. The minimum Gasteiger partial charge on any atom is -0.493 e. The summed E-state index contributed by atoms with van der Waals surface area (Å²) < 4.78 is 22.6. The highest BCUT2D eigenvalue weighted by Gasteiger charge is 2.44. The summed E-state index contributed by atoms with van der Waals surface area (Å²) in [5, 5.41) is 0.762. The molecule has 0 aliphatic carbocycles. The van der Waals surface area contributed by atoms with Crippen LogP contribution in [0, 0.1) is 0 Å². The third kappa shape index (κ3) is 4.26. The Morgan fingerprint density at radius 1 is 1.06 bits per heavy atom. The van der Waals surface area contributed by atoms with Gasteiger partial charge in [-0.25, -0.2) is 0 Å². The number of carbonyl (C=O) groups excluding carboxylic acids is 1. The van der Waals surface area contributed by atoms with Gasteiger partial charge >= 0.3 is 0 Å². The Bertz CT molecular complexity index is 1320. The molecule has 1 amide bonds. The van der Waals surface area contributed by atoms with Gasteiger partial charge in [0.15, 0.2) is 16.9 Å². The normalized spacial score (nSPS) is 18.2. The lowest BCUT2D eigenvalue weighted by Gasteiger charge is -2.29. The SMILES string of the molecule is COc1cccc(C2c3c(oc4ccc(Cl)cc4c3=O)C(=O)N2CCCN2CCOCC2)c1OC. The molecule has 2 aromatic carbocycles. The van der Waals surface area contributed by atoms with Crippen molar-refractivity contribution in [2.45, 2.75) is 12.5 Å². The molecule has 184 valence electrons. The quantitative estimate of drug-likeness (QED) is 0.491. The Kier molecular flexibility index (Phi) is 6.69. The summed E-state index contributed by atoms with van der Waals surface area (Å²) in [5.74, 6) is 0.744. The van der Waals surface area contributed by atoms with E-state index in [2.05, 4.69) is 4.90 Å². The van der Waals surface area contributed by atoms with Crippen molar-refractivity contribution in [2.75, 3.05) is 53.6 Å². The first kappa shape index (κ1) is 23.7. The fourth-order valence-electron chi connectivity index (χ4n) is 4.96. The van der Waals surface area contributed by atoms with Gasteiger partial charge in [-0.2, -0.15) is 0 Å². The first-order chi connectivity index (χ1) is 17.0. The van der Waals surface area contributed by atoms with E-state index in [-0.39, 0.29) is 17.1 Å². The van der Waals surface area contributed by atoms with Crippen LogP contribution in [0.3, 0.4) is 0 Å². The van der Waals surface area contributed by atoms with E-state index in [0.717, 1.165) is 26.1 Å². The molecular weight excluding hydrogens is 472 g/mol. The van der Waals surface area contributed by atoms with Crippen LogP contribution < -0.4 is 14.9 Å². The Morgan fingerprint density at radius 2 is 1.86 bits per heavy atom. The summed E-state index contributed by atoms with van der Waals surface area (Å²) in [7, 11) is 3.10. The van der Waals surface area contributed by atoms with Gasteiger partial charge in [0.2, 0.25) is 5.76 Å². The zero-order chi connectivity index (χ0) is 24.5. The highest BCUT2D eigenvalue weighted by molar-refractivity contribution is 6.31. The molecule has 1 unspecified atom stereocenters. The van der Waals surface area contributed by atoms with Crippen LogP contribution in [-0.2, 0) is 4.74 Å². The van der Waals surface area contributed by atoms with Crippen molar-refractivity contribution >= 4 is 28.5 Å². The largest absolute Gasteiger partial charge is 0.493 e. The van der Waals surface area contributed by atoms with Crippen molar-refractivity contribution in [3.63, 3.8) is 0 Å². The van der Waals surface area contributed by atoms with Crippen LogP contribution >= 0.6 is 11.6 Å². The highest BCUT2D eigenvalue weighted by atomic mass is 35.5. The summed E-state index contributed by atoms with van der Waals surface area (Å²) in [6.45, 7) is 4.43. The number of fused-ring (bicyclic) bond motifs is 2. The van der Waals surface area contributed by atoms with Crippen molar-refractivity contribution in [2.24, 2.45) is 0 Å². The van der Waals surface area contributed by atoms with Crippen LogP contribution in [0.2, 0.25) is 5.02 Å². The minimum atomic E-state index is -0.674. The molecule has 1 atom stereocenters. The van der Waals surface area contributed by atoms with Crippen molar-refractivity contribution in [3.8, 4) is 11.5 Å². The van der Waals surface area contributed by atoms with Gasteiger partial charge in [0.05, 0.1) is 44.4 Å². The number of para-hydroxylation sites is 1. The van der Waals surface area contributed by atoms with Gasteiger partial charge in [0.25, 0.3) is 5.91 Å². The fourth-order valence-corrected chi connectivity index (χ4v) is 5.14. The van der Waals surface area contributed by atoms with Crippen molar-refractivity contribution < 1.29 is 23.4 Å². The molecule has 2 aliphatic heterocycles. The molecule has 1 aromatic heterocycles. The average molecular weight is 499 g/mol. The Labute approximate surface area is 207 Å². The summed E-state index contributed by atoms with van der Waals surface area (Å²) >= 11 is 6.17. The van der Waals surface area contributed by atoms with Gasteiger partial charge < -0.3 is 23.5 Å². The topological polar surface area (TPSA) is 81.5 Å². The van der Waals surface area contributed by atoms with Crippen LogP contribution in [0.4, 0.5) is 0 Å². The van der Waals surface area contributed by atoms with E-state index in [1.165, 1.54) is 0 Å². The molecule has 0 spiro atoms. The van der Waals surface area contributed by atoms with Crippen molar-refractivity contribution in [3.05, 3.63) is 68.5 Å². The number of nitrogens with zero attached hydrogens (tertiary/aromatic N) is 2. The molecule has 0 saturated carbocycles. The number of hydrogen-bond donors (Lipinski definition) is 0. The zero-order valence-electron chi connectivity index (χ0n) is 19.7. The van der Waals surface area contributed by atoms with Gasteiger partial charge in [0.1, 0.15) is 5.58 Å². The Hall–Kier alpha value is -3.07. The lowest BCUT2D eigenvalue weighted by atomic mass is 9.97.